The van der Waals surface area contributed by atoms with Gasteiger partial charge in [-0.1, -0.05) is 6.92 Å². The molecule has 0 saturated heterocycles. The molecule has 0 amide bonds. The van der Waals surface area contributed by atoms with Crippen molar-refractivity contribution >= 4 is 53.2 Å². The molecule has 0 atom stereocenters. The highest BCUT2D eigenvalue weighted by Crippen LogP contribution is 2.29. The molecule has 2 aromatic rings. The van der Waals surface area contributed by atoms with Crippen LogP contribution in [0.1, 0.15) is 11.8 Å². The first kappa shape index (κ1) is 17.1. The Hall–Kier alpha value is -0.280. The fourth-order valence-electron chi connectivity index (χ4n) is 1.80. The van der Waals surface area contributed by atoms with Crippen molar-refractivity contribution in [2.45, 2.75) is 18.4 Å². The van der Waals surface area contributed by atoms with E-state index in [0.717, 1.165) is 20.8 Å². The van der Waals surface area contributed by atoms with Crippen LogP contribution in [0.15, 0.2) is 43.5 Å². The van der Waals surface area contributed by atoms with Crippen LogP contribution in [-0.4, -0.2) is 19.3 Å². The van der Waals surface area contributed by atoms with E-state index in [0.29, 0.717) is 13.1 Å². The van der Waals surface area contributed by atoms with Crippen LogP contribution in [0.3, 0.4) is 0 Å². The number of nitrogens with zero attached hydrogens (tertiary/aromatic N) is 1. The zero-order valence-corrected chi connectivity index (χ0v) is 15.8. The molecule has 0 N–H and O–H groups in total. The van der Waals surface area contributed by atoms with Gasteiger partial charge in [0.2, 0.25) is 10.0 Å². The maximum Gasteiger partial charge on any atom is 0.244 e. The predicted octanol–water partition coefficient (Wildman–Crippen LogP) is 4.62. The molecule has 0 aliphatic heterocycles. The van der Waals surface area contributed by atoms with E-state index in [9.17, 15) is 12.8 Å². The first-order chi connectivity index (χ1) is 9.84. The van der Waals surface area contributed by atoms with Crippen LogP contribution in [0.25, 0.3) is 0 Å². The number of hydrogen-bond acceptors (Lipinski definition) is 3. The molecule has 0 fully saturated rings. The van der Waals surface area contributed by atoms with E-state index in [1.807, 2.05) is 12.1 Å². The number of sulfonamides is 1. The molecule has 0 aliphatic carbocycles. The Labute approximate surface area is 144 Å². The fraction of sp³-hybridized carbons (Fsp3) is 0.231. The molecule has 21 heavy (non-hydrogen) atoms. The molecule has 8 heteroatoms. The second-order valence-corrected chi connectivity index (χ2v) is 9.52. The molecule has 2 rings (SSSR count). The van der Waals surface area contributed by atoms with Crippen LogP contribution >= 0.6 is 43.2 Å². The molecule has 0 aliphatic rings. The maximum absolute atomic E-state index is 13.1. The summed E-state index contributed by atoms with van der Waals surface area (Å²) in [5.74, 6) is -0.480. The van der Waals surface area contributed by atoms with Crippen molar-refractivity contribution < 1.29 is 12.8 Å². The van der Waals surface area contributed by atoms with Crippen molar-refractivity contribution in [2.75, 3.05) is 6.54 Å². The van der Waals surface area contributed by atoms with Gasteiger partial charge in [0.15, 0.2) is 0 Å². The number of thiophene rings is 1. The maximum atomic E-state index is 13.1. The monoisotopic (exact) mass is 455 g/mol. The molecule has 0 saturated carbocycles. The van der Waals surface area contributed by atoms with Crippen molar-refractivity contribution in [2.24, 2.45) is 0 Å². The van der Waals surface area contributed by atoms with Gasteiger partial charge < -0.3 is 0 Å². The minimum absolute atomic E-state index is 0.0707. The number of benzene rings is 1. The minimum Gasteiger partial charge on any atom is -0.207 e. The summed E-state index contributed by atoms with van der Waals surface area (Å²) in [6.07, 6.45) is 0. The van der Waals surface area contributed by atoms with Crippen LogP contribution in [0, 0.1) is 5.82 Å². The quantitative estimate of drug-likeness (QED) is 0.658. The summed E-state index contributed by atoms with van der Waals surface area (Å²) in [5.41, 5.74) is 0. The van der Waals surface area contributed by atoms with Crippen LogP contribution in [0.5, 0.6) is 0 Å². The van der Waals surface area contributed by atoms with Crippen molar-refractivity contribution in [1.29, 1.82) is 0 Å². The molecule has 3 nitrogen and oxygen atoms in total. The lowest BCUT2D eigenvalue weighted by Crippen LogP contribution is -2.30. The average molecular weight is 457 g/mol. The summed E-state index contributed by atoms with van der Waals surface area (Å²) in [7, 11) is -3.68. The third-order valence-corrected chi connectivity index (χ3v) is 7.33. The van der Waals surface area contributed by atoms with E-state index in [2.05, 4.69) is 31.9 Å². The van der Waals surface area contributed by atoms with Gasteiger partial charge in [-0.2, -0.15) is 4.31 Å². The Balaban J connectivity index is 2.35. The topological polar surface area (TPSA) is 37.4 Å². The molecule has 1 aromatic heterocycles. The summed E-state index contributed by atoms with van der Waals surface area (Å²) in [5, 5.41) is 0. The van der Waals surface area contributed by atoms with Crippen LogP contribution < -0.4 is 0 Å². The largest absolute Gasteiger partial charge is 0.244 e. The van der Waals surface area contributed by atoms with Gasteiger partial charge in [-0.3, -0.25) is 0 Å². The standard InChI is InChI=1S/C13H12Br2FNO2S2/c1-2-17(8-10-4-6-13(15)20-10)21(18,19)12-5-3-9(16)7-11(12)14/h3-7H,2,8H2,1H3. The van der Waals surface area contributed by atoms with Crippen molar-refractivity contribution in [1.82, 2.24) is 4.31 Å². The van der Waals surface area contributed by atoms with Gasteiger partial charge in [-0.15, -0.1) is 11.3 Å². The van der Waals surface area contributed by atoms with E-state index < -0.39 is 15.8 Å². The number of rotatable bonds is 5. The van der Waals surface area contributed by atoms with Crippen molar-refractivity contribution in [3.8, 4) is 0 Å². The lowest BCUT2D eigenvalue weighted by Gasteiger charge is -2.20. The molecule has 0 spiro atoms. The zero-order chi connectivity index (χ0) is 15.6. The molecular formula is C13H12Br2FNO2S2. The second-order valence-electron chi connectivity index (χ2n) is 4.21. The Morgan fingerprint density at radius 1 is 1.24 bits per heavy atom. The molecule has 0 bridgehead atoms. The molecule has 114 valence electrons. The highest BCUT2D eigenvalue weighted by Gasteiger charge is 2.26. The summed E-state index contributed by atoms with van der Waals surface area (Å²) >= 11 is 7.97. The Bertz CT molecular complexity index is 746. The predicted molar refractivity (Wildman–Crippen MR) is 89.4 cm³/mol. The van der Waals surface area contributed by atoms with Gasteiger partial charge in [-0.25, -0.2) is 12.8 Å². The third kappa shape index (κ3) is 3.92. The smallest absolute Gasteiger partial charge is 0.207 e. The van der Waals surface area contributed by atoms with E-state index in [1.165, 1.54) is 21.7 Å². The highest BCUT2D eigenvalue weighted by molar-refractivity contribution is 9.11. The lowest BCUT2D eigenvalue weighted by atomic mass is 10.3. The summed E-state index contributed by atoms with van der Waals surface area (Å²) in [4.78, 5) is 1.01. The zero-order valence-electron chi connectivity index (χ0n) is 11.0. The fourth-order valence-corrected chi connectivity index (χ4v) is 5.82. The minimum atomic E-state index is -3.68. The van der Waals surface area contributed by atoms with Gasteiger partial charge in [0, 0.05) is 22.4 Å². The first-order valence-corrected chi connectivity index (χ1v) is 9.88. The van der Waals surface area contributed by atoms with Gasteiger partial charge >= 0.3 is 0 Å². The molecular weight excluding hydrogens is 445 g/mol. The molecule has 1 aromatic carbocycles. The Morgan fingerprint density at radius 2 is 1.95 bits per heavy atom. The second kappa shape index (κ2) is 6.87. The molecule has 0 unspecified atom stereocenters. The van der Waals surface area contributed by atoms with E-state index in [1.54, 1.807) is 6.92 Å². The normalized spacial score (nSPS) is 12.0. The Morgan fingerprint density at radius 3 is 2.48 bits per heavy atom. The molecule has 1 heterocycles. The van der Waals surface area contributed by atoms with E-state index >= 15 is 0 Å². The summed E-state index contributed by atoms with van der Waals surface area (Å²) in [6, 6.07) is 7.35. The van der Waals surface area contributed by atoms with Gasteiger partial charge in [0.05, 0.1) is 8.68 Å². The number of hydrogen-bond donors (Lipinski definition) is 0. The van der Waals surface area contributed by atoms with Crippen LogP contribution in [0.2, 0.25) is 0 Å². The Kier molecular flexibility index (Phi) is 5.59. The van der Waals surface area contributed by atoms with Crippen molar-refractivity contribution in [3.05, 3.63) is 49.3 Å². The van der Waals surface area contributed by atoms with Crippen LogP contribution in [-0.2, 0) is 16.6 Å². The third-order valence-electron chi connectivity index (χ3n) is 2.83. The van der Waals surface area contributed by atoms with Gasteiger partial charge in [0.1, 0.15) is 5.82 Å². The highest BCUT2D eigenvalue weighted by atomic mass is 79.9. The van der Waals surface area contributed by atoms with E-state index in [4.69, 9.17) is 0 Å². The first-order valence-electron chi connectivity index (χ1n) is 6.04. The van der Waals surface area contributed by atoms with Gasteiger partial charge in [0.25, 0.3) is 0 Å². The summed E-state index contributed by atoms with van der Waals surface area (Å²) < 4.78 is 41.0. The SMILES string of the molecule is CCN(Cc1ccc(Br)s1)S(=O)(=O)c1ccc(F)cc1Br. The van der Waals surface area contributed by atoms with Crippen LogP contribution in [0.4, 0.5) is 4.39 Å². The average Bonchev–Trinajstić information content (AvgIpc) is 2.80. The molecule has 0 radical (unpaired) electrons. The summed E-state index contributed by atoms with van der Waals surface area (Å²) in [6.45, 7) is 2.40. The van der Waals surface area contributed by atoms with Gasteiger partial charge in [-0.05, 0) is 62.2 Å². The number of halogens is 3. The lowest BCUT2D eigenvalue weighted by molar-refractivity contribution is 0.426. The van der Waals surface area contributed by atoms with E-state index in [-0.39, 0.29) is 9.37 Å². The van der Waals surface area contributed by atoms with Crippen molar-refractivity contribution in [3.63, 3.8) is 0 Å².